The van der Waals surface area contributed by atoms with Gasteiger partial charge in [-0.25, -0.2) is 0 Å². The number of hydrogen-bond acceptors (Lipinski definition) is 3. The van der Waals surface area contributed by atoms with Crippen molar-refractivity contribution in [1.82, 2.24) is 0 Å². The monoisotopic (exact) mass is 253 g/mol. The van der Waals surface area contributed by atoms with Gasteiger partial charge in [0.15, 0.2) is 0 Å². The van der Waals surface area contributed by atoms with E-state index in [0.29, 0.717) is 13.2 Å². The third-order valence-corrected chi connectivity index (χ3v) is 3.05. The van der Waals surface area contributed by atoms with Gasteiger partial charge in [-0.15, -0.1) is 0 Å². The van der Waals surface area contributed by atoms with Gasteiger partial charge >= 0.3 is 0 Å². The van der Waals surface area contributed by atoms with Gasteiger partial charge in [0.25, 0.3) is 0 Å². The lowest BCUT2D eigenvalue weighted by Crippen LogP contribution is -1.95. The van der Waals surface area contributed by atoms with Crippen molar-refractivity contribution in [2.75, 3.05) is 0 Å². The Morgan fingerprint density at radius 2 is 1.84 bits per heavy atom. The third kappa shape index (κ3) is 2.46. The highest BCUT2D eigenvalue weighted by atomic mass is 16.5. The van der Waals surface area contributed by atoms with Crippen molar-refractivity contribution >= 4 is 11.0 Å². The zero-order chi connectivity index (χ0) is 13.1. The molecule has 0 amide bonds. The lowest BCUT2D eigenvalue weighted by atomic mass is 10.1. The number of nitrogens with two attached hydrogens (primary N) is 1. The number of rotatable bonds is 4. The molecule has 0 aliphatic rings. The minimum absolute atomic E-state index is 0.419. The smallest absolute Gasteiger partial charge is 0.146 e. The van der Waals surface area contributed by atoms with Crippen molar-refractivity contribution in [2.45, 2.75) is 13.2 Å². The van der Waals surface area contributed by atoms with Crippen molar-refractivity contribution in [3.05, 3.63) is 65.9 Å². The molecule has 2 aromatic carbocycles. The standard InChI is InChI=1S/C16H15NO2/c17-10-12-5-4-8-16-15(12)9-14(19-16)11-18-13-6-2-1-3-7-13/h1-9H,10-11,17H2. The van der Waals surface area contributed by atoms with E-state index in [1.807, 2.05) is 54.6 Å². The summed E-state index contributed by atoms with van der Waals surface area (Å²) in [5.41, 5.74) is 7.66. The van der Waals surface area contributed by atoms with E-state index in [1.165, 1.54) is 0 Å². The predicted molar refractivity (Wildman–Crippen MR) is 74.9 cm³/mol. The molecule has 1 heterocycles. The Kier molecular flexibility index (Phi) is 3.21. The minimum Gasteiger partial charge on any atom is -0.486 e. The van der Waals surface area contributed by atoms with Crippen LogP contribution in [0.25, 0.3) is 11.0 Å². The average molecular weight is 253 g/mol. The summed E-state index contributed by atoms with van der Waals surface area (Å²) in [4.78, 5) is 0. The van der Waals surface area contributed by atoms with Gasteiger partial charge in [0.1, 0.15) is 23.7 Å². The summed E-state index contributed by atoms with van der Waals surface area (Å²) in [6.07, 6.45) is 0. The molecule has 0 bridgehead atoms. The maximum absolute atomic E-state index is 5.75. The predicted octanol–water partition coefficient (Wildman–Crippen LogP) is 3.47. The van der Waals surface area contributed by atoms with Gasteiger partial charge in [0.05, 0.1) is 0 Å². The summed E-state index contributed by atoms with van der Waals surface area (Å²) in [6, 6.07) is 17.6. The van der Waals surface area contributed by atoms with Crippen LogP contribution in [0.2, 0.25) is 0 Å². The lowest BCUT2D eigenvalue weighted by molar-refractivity contribution is 0.274. The molecule has 0 saturated carbocycles. The van der Waals surface area contributed by atoms with E-state index >= 15 is 0 Å². The second-order valence-electron chi connectivity index (χ2n) is 4.35. The van der Waals surface area contributed by atoms with E-state index in [2.05, 4.69) is 0 Å². The molecule has 3 rings (SSSR count). The first-order chi connectivity index (χ1) is 9.36. The molecular weight excluding hydrogens is 238 g/mol. The van der Waals surface area contributed by atoms with Crippen molar-refractivity contribution in [3.63, 3.8) is 0 Å². The topological polar surface area (TPSA) is 48.4 Å². The van der Waals surface area contributed by atoms with E-state index in [0.717, 1.165) is 28.0 Å². The SMILES string of the molecule is NCc1cccc2oc(COc3ccccc3)cc12. The molecule has 3 nitrogen and oxygen atoms in total. The Balaban J connectivity index is 1.82. The number of hydrogen-bond donors (Lipinski definition) is 1. The molecule has 1 aromatic heterocycles. The fourth-order valence-corrected chi connectivity index (χ4v) is 2.09. The first-order valence-electron chi connectivity index (χ1n) is 6.25. The van der Waals surface area contributed by atoms with Gasteiger partial charge < -0.3 is 14.9 Å². The fourth-order valence-electron chi connectivity index (χ4n) is 2.09. The van der Waals surface area contributed by atoms with E-state index < -0.39 is 0 Å². The highest BCUT2D eigenvalue weighted by Crippen LogP contribution is 2.24. The second kappa shape index (κ2) is 5.16. The van der Waals surface area contributed by atoms with Crippen molar-refractivity contribution in [2.24, 2.45) is 5.73 Å². The normalized spacial score (nSPS) is 10.8. The number of fused-ring (bicyclic) bond motifs is 1. The summed E-state index contributed by atoms with van der Waals surface area (Å²) in [5.74, 6) is 1.64. The summed E-state index contributed by atoms with van der Waals surface area (Å²) >= 11 is 0. The molecule has 96 valence electrons. The Bertz CT molecular complexity index is 674. The van der Waals surface area contributed by atoms with Crippen LogP contribution in [0.4, 0.5) is 0 Å². The molecule has 0 spiro atoms. The maximum Gasteiger partial charge on any atom is 0.146 e. The van der Waals surface area contributed by atoms with Crippen LogP contribution in [0.15, 0.2) is 59.0 Å². The third-order valence-electron chi connectivity index (χ3n) is 3.05. The molecule has 0 radical (unpaired) electrons. The van der Waals surface area contributed by atoms with Crippen LogP contribution in [-0.2, 0) is 13.2 Å². The molecule has 0 atom stereocenters. The van der Waals surface area contributed by atoms with Crippen LogP contribution >= 0.6 is 0 Å². The quantitative estimate of drug-likeness (QED) is 0.774. The summed E-state index contributed by atoms with van der Waals surface area (Å²) in [5, 5.41) is 1.07. The molecule has 0 aliphatic carbocycles. The zero-order valence-corrected chi connectivity index (χ0v) is 10.5. The molecule has 2 N–H and O–H groups in total. The molecule has 19 heavy (non-hydrogen) atoms. The molecule has 3 aromatic rings. The van der Waals surface area contributed by atoms with Crippen molar-refractivity contribution < 1.29 is 9.15 Å². The molecule has 0 fully saturated rings. The van der Waals surface area contributed by atoms with Gasteiger partial charge in [-0.2, -0.15) is 0 Å². The van der Waals surface area contributed by atoms with Gasteiger partial charge in [-0.3, -0.25) is 0 Å². The molecular formula is C16H15NO2. The first kappa shape index (κ1) is 11.8. The van der Waals surface area contributed by atoms with E-state index in [-0.39, 0.29) is 0 Å². The molecule has 0 aliphatic heterocycles. The van der Waals surface area contributed by atoms with Crippen LogP contribution in [0.3, 0.4) is 0 Å². The van der Waals surface area contributed by atoms with Crippen molar-refractivity contribution in [1.29, 1.82) is 0 Å². The van der Waals surface area contributed by atoms with Crippen LogP contribution < -0.4 is 10.5 Å². The first-order valence-corrected chi connectivity index (χ1v) is 6.25. The van der Waals surface area contributed by atoms with Gasteiger partial charge in [-0.05, 0) is 29.8 Å². The van der Waals surface area contributed by atoms with Gasteiger partial charge in [0, 0.05) is 11.9 Å². The Hall–Kier alpha value is -2.26. The van der Waals surface area contributed by atoms with E-state index in [9.17, 15) is 0 Å². The van der Waals surface area contributed by atoms with Crippen LogP contribution in [0, 0.1) is 0 Å². The van der Waals surface area contributed by atoms with Crippen molar-refractivity contribution in [3.8, 4) is 5.75 Å². The largest absolute Gasteiger partial charge is 0.486 e. The highest BCUT2D eigenvalue weighted by Gasteiger charge is 2.07. The molecule has 0 saturated heterocycles. The Morgan fingerprint density at radius 3 is 2.63 bits per heavy atom. The maximum atomic E-state index is 5.75. The van der Waals surface area contributed by atoms with Gasteiger partial charge in [-0.1, -0.05) is 30.3 Å². The summed E-state index contributed by atoms with van der Waals surface area (Å²) < 4.78 is 11.4. The Morgan fingerprint density at radius 1 is 1.00 bits per heavy atom. The minimum atomic E-state index is 0.419. The van der Waals surface area contributed by atoms with Crippen LogP contribution in [0.1, 0.15) is 11.3 Å². The number of ether oxygens (including phenoxy) is 1. The van der Waals surface area contributed by atoms with E-state index in [1.54, 1.807) is 0 Å². The summed E-state index contributed by atoms with van der Waals surface area (Å²) in [7, 11) is 0. The molecule has 3 heteroatoms. The van der Waals surface area contributed by atoms with Crippen LogP contribution in [0.5, 0.6) is 5.75 Å². The number of benzene rings is 2. The average Bonchev–Trinajstić information content (AvgIpc) is 2.89. The fraction of sp³-hybridized carbons (Fsp3) is 0.125. The van der Waals surface area contributed by atoms with E-state index in [4.69, 9.17) is 14.9 Å². The van der Waals surface area contributed by atoms with Crippen LogP contribution in [-0.4, -0.2) is 0 Å². The van der Waals surface area contributed by atoms with Gasteiger partial charge in [0.2, 0.25) is 0 Å². The summed E-state index contributed by atoms with van der Waals surface area (Å²) in [6.45, 7) is 0.929. The highest BCUT2D eigenvalue weighted by molar-refractivity contribution is 5.81. The number of furan rings is 1. The number of para-hydroxylation sites is 1. The molecule has 0 unspecified atom stereocenters. The Labute approximate surface area is 111 Å². The lowest BCUT2D eigenvalue weighted by Gasteiger charge is -2.02. The second-order valence-corrected chi connectivity index (χ2v) is 4.35. The zero-order valence-electron chi connectivity index (χ0n) is 10.5.